The van der Waals surface area contributed by atoms with Crippen LogP contribution in [0.1, 0.15) is 31.2 Å². The number of hydrogen-bond acceptors (Lipinski definition) is 4. The highest BCUT2D eigenvalue weighted by atomic mass is 32.2. The van der Waals surface area contributed by atoms with E-state index in [9.17, 15) is 8.42 Å². The number of nitrogens with zero attached hydrogens (tertiary/aromatic N) is 1. The molecule has 0 aromatic heterocycles. The molecule has 0 heterocycles. The Kier molecular flexibility index (Phi) is 4.89. The number of nitriles is 1. The van der Waals surface area contributed by atoms with E-state index in [0.717, 1.165) is 0 Å². The minimum absolute atomic E-state index is 0.181. The van der Waals surface area contributed by atoms with Crippen molar-refractivity contribution in [2.24, 2.45) is 0 Å². The minimum Gasteiger partial charge on any atom is -0.224 e. The van der Waals surface area contributed by atoms with Crippen molar-refractivity contribution in [2.45, 2.75) is 35.8 Å². The number of rotatable bonds is 5. The lowest BCUT2D eigenvalue weighted by Crippen LogP contribution is -2.10. The molecule has 3 nitrogen and oxygen atoms in total. The average Bonchev–Trinajstić information content (AvgIpc) is 2.92. The normalized spacial score (nSPS) is 16.4. The molecule has 1 aliphatic rings. The third-order valence-electron chi connectivity index (χ3n) is 3.35. The van der Waals surface area contributed by atoms with Crippen molar-refractivity contribution < 1.29 is 8.42 Å². The first-order valence-electron chi connectivity index (χ1n) is 6.46. The summed E-state index contributed by atoms with van der Waals surface area (Å²) in [6.07, 6.45) is 5.00. The molecule has 0 amide bonds. The molecule has 0 spiro atoms. The van der Waals surface area contributed by atoms with Crippen LogP contribution < -0.4 is 0 Å². The van der Waals surface area contributed by atoms with E-state index in [-0.39, 0.29) is 5.75 Å². The Labute approximate surface area is 118 Å². The van der Waals surface area contributed by atoms with Crippen LogP contribution in [0, 0.1) is 11.3 Å². The molecule has 19 heavy (non-hydrogen) atoms. The summed E-state index contributed by atoms with van der Waals surface area (Å²) in [5.74, 6) is 0.840. The summed E-state index contributed by atoms with van der Waals surface area (Å²) >= 11 is 1.78. The Hall–Kier alpha value is -0.990. The molecular formula is C14H17NO2S2. The molecule has 0 aliphatic heterocycles. The summed E-state index contributed by atoms with van der Waals surface area (Å²) in [5.41, 5.74) is 0.485. The van der Waals surface area contributed by atoms with E-state index in [1.807, 2.05) is 6.07 Å². The Morgan fingerprint density at radius 2 is 1.84 bits per heavy atom. The smallest absolute Gasteiger partial charge is 0.179 e. The van der Waals surface area contributed by atoms with Crippen molar-refractivity contribution >= 4 is 21.6 Å². The summed E-state index contributed by atoms with van der Waals surface area (Å²) in [4.78, 5) is 0.318. The molecule has 0 N–H and O–H groups in total. The largest absolute Gasteiger partial charge is 0.224 e. The maximum atomic E-state index is 12.1. The number of thioether (sulfide) groups is 1. The zero-order chi connectivity index (χ0) is 13.7. The van der Waals surface area contributed by atoms with Crippen LogP contribution in [0.15, 0.2) is 29.2 Å². The van der Waals surface area contributed by atoms with Gasteiger partial charge in [-0.15, -0.1) is 0 Å². The summed E-state index contributed by atoms with van der Waals surface area (Å²) < 4.78 is 24.2. The quantitative estimate of drug-likeness (QED) is 0.838. The maximum Gasteiger partial charge on any atom is 0.179 e. The second kappa shape index (κ2) is 6.44. The molecule has 1 aromatic rings. The zero-order valence-corrected chi connectivity index (χ0v) is 12.3. The van der Waals surface area contributed by atoms with Crippen LogP contribution in [0.4, 0.5) is 0 Å². The van der Waals surface area contributed by atoms with E-state index in [1.165, 1.54) is 37.8 Å². The fraction of sp³-hybridized carbons (Fsp3) is 0.500. The molecule has 0 saturated heterocycles. The van der Waals surface area contributed by atoms with Crippen LogP contribution >= 0.6 is 11.8 Å². The lowest BCUT2D eigenvalue weighted by molar-refractivity contribution is 0.597. The van der Waals surface area contributed by atoms with Crippen molar-refractivity contribution in [3.05, 3.63) is 29.8 Å². The highest BCUT2D eigenvalue weighted by Crippen LogP contribution is 2.29. The van der Waals surface area contributed by atoms with Gasteiger partial charge < -0.3 is 0 Å². The van der Waals surface area contributed by atoms with E-state index in [0.29, 0.717) is 21.5 Å². The molecule has 0 unspecified atom stereocenters. The SMILES string of the molecule is N#Cc1ccc(S(=O)(=O)CCSC2CCCC2)cc1. The second-order valence-corrected chi connectivity index (χ2v) is 8.25. The van der Waals surface area contributed by atoms with Gasteiger partial charge in [-0.1, -0.05) is 12.8 Å². The van der Waals surface area contributed by atoms with Gasteiger partial charge in [0, 0.05) is 11.0 Å². The third kappa shape index (κ3) is 3.99. The Morgan fingerprint density at radius 3 is 2.42 bits per heavy atom. The van der Waals surface area contributed by atoms with Crippen LogP contribution in [0.5, 0.6) is 0 Å². The van der Waals surface area contributed by atoms with Gasteiger partial charge >= 0.3 is 0 Å². The van der Waals surface area contributed by atoms with E-state index < -0.39 is 9.84 Å². The lowest BCUT2D eigenvalue weighted by atomic mass is 10.2. The van der Waals surface area contributed by atoms with Crippen molar-refractivity contribution in [2.75, 3.05) is 11.5 Å². The van der Waals surface area contributed by atoms with Crippen LogP contribution in [0.3, 0.4) is 0 Å². The fourth-order valence-corrected chi connectivity index (χ4v) is 5.28. The molecule has 1 aliphatic carbocycles. The molecule has 0 atom stereocenters. The van der Waals surface area contributed by atoms with Gasteiger partial charge in [-0.2, -0.15) is 17.0 Å². The summed E-state index contributed by atoms with van der Waals surface area (Å²) in [6, 6.07) is 8.14. The van der Waals surface area contributed by atoms with Crippen LogP contribution in [-0.4, -0.2) is 25.2 Å². The van der Waals surface area contributed by atoms with E-state index in [2.05, 4.69) is 0 Å². The first kappa shape index (κ1) is 14.4. The van der Waals surface area contributed by atoms with Gasteiger partial charge in [0.15, 0.2) is 9.84 Å². The van der Waals surface area contributed by atoms with Gasteiger partial charge in [0.2, 0.25) is 0 Å². The van der Waals surface area contributed by atoms with Gasteiger partial charge in [-0.05, 0) is 37.1 Å². The predicted molar refractivity (Wildman–Crippen MR) is 77.9 cm³/mol. The Morgan fingerprint density at radius 1 is 1.21 bits per heavy atom. The molecule has 5 heteroatoms. The standard InChI is InChI=1S/C14H17NO2S2/c15-11-12-5-7-14(8-6-12)19(16,17)10-9-18-13-3-1-2-4-13/h5-8,13H,1-4,9-10H2. The highest BCUT2D eigenvalue weighted by Gasteiger charge is 2.18. The molecule has 1 fully saturated rings. The number of benzene rings is 1. The van der Waals surface area contributed by atoms with Crippen LogP contribution in [0.2, 0.25) is 0 Å². The topological polar surface area (TPSA) is 57.9 Å². The molecule has 0 radical (unpaired) electrons. The predicted octanol–water partition coefficient (Wildman–Crippen LogP) is 3.01. The van der Waals surface area contributed by atoms with Crippen molar-refractivity contribution in [1.82, 2.24) is 0 Å². The van der Waals surface area contributed by atoms with Crippen molar-refractivity contribution in [3.8, 4) is 6.07 Å². The van der Waals surface area contributed by atoms with Gasteiger partial charge in [-0.3, -0.25) is 0 Å². The molecule has 1 saturated carbocycles. The Balaban J connectivity index is 1.91. The van der Waals surface area contributed by atoms with Crippen LogP contribution in [-0.2, 0) is 9.84 Å². The summed E-state index contributed by atoms with van der Waals surface area (Å²) in [7, 11) is -3.21. The van der Waals surface area contributed by atoms with Gasteiger partial charge in [0.25, 0.3) is 0 Å². The van der Waals surface area contributed by atoms with Crippen molar-refractivity contribution in [3.63, 3.8) is 0 Å². The van der Waals surface area contributed by atoms with Crippen LogP contribution in [0.25, 0.3) is 0 Å². The first-order valence-corrected chi connectivity index (χ1v) is 9.16. The maximum absolute atomic E-state index is 12.1. The summed E-state index contributed by atoms with van der Waals surface area (Å²) in [5, 5.41) is 9.34. The van der Waals surface area contributed by atoms with Gasteiger partial charge in [-0.25, -0.2) is 8.42 Å². The number of sulfone groups is 1. The molecule has 102 valence electrons. The molecule has 1 aromatic carbocycles. The Bertz CT molecular complexity index is 552. The second-order valence-electron chi connectivity index (χ2n) is 4.73. The molecule has 2 rings (SSSR count). The van der Waals surface area contributed by atoms with Gasteiger partial charge in [0.1, 0.15) is 0 Å². The number of hydrogen-bond donors (Lipinski definition) is 0. The van der Waals surface area contributed by atoms with E-state index in [1.54, 1.807) is 23.9 Å². The minimum atomic E-state index is -3.21. The molecular weight excluding hydrogens is 278 g/mol. The third-order valence-corrected chi connectivity index (χ3v) is 6.72. The van der Waals surface area contributed by atoms with E-state index >= 15 is 0 Å². The average molecular weight is 295 g/mol. The highest BCUT2D eigenvalue weighted by molar-refractivity contribution is 8.01. The zero-order valence-electron chi connectivity index (χ0n) is 10.7. The lowest BCUT2D eigenvalue weighted by Gasteiger charge is -2.09. The fourth-order valence-electron chi connectivity index (χ4n) is 2.23. The monoisotopic (exact) mass is 295 g/mol. The van der Waals surface area contributed by atoms with Crippen molar-refractivity contribution in [1.29, 1.82) is 5.26 Å². The van der Waals surface area contributed by atoms with E-state index in [4.69, 9.17) is 5.26 Å². The van der Waals surface area contributed by atoms with Gasteiger partial charge in [0.05, 0.1) is 22.3 Å². The first-order chi connectivity index (χ1) is 9.12. The molecule has 0 bridgehead atoms. The summed E-state index contributed by atoms with van der Waals surface area (Å²) in [6.45, 7) is 0.